The number of benzene rings is 1. The van der Waals surface area contributed by atoms with Crippen LogP contribution in [-0.4, -0.2) is 21.2 Å². The van der Waals surface area contributed by atoms with Crippen molar-refractivity contribution in [2.45, 2.75) is 4.90 Å². The molecule has 0 aliphatic carbocycles. The van der Waals surface area contributed by atoms with Gasteiger partial charge in [0.15, 0.2) is 0 Å². The fourth-order valence-electron chi connectivity index (χ4n) is 1.17. The van der Waals surface area contributed by atoms with Crippen molar-refractivity contribution < 1.29 is 13.2 Å². The first-order chi connectivity index (χ1) is 8.92. The van der Waals surface area contributed by atoms with Gasteiger partial charge in [-0.2, -0.15) is 15.6 Å². The number of ether oxygens (including phenoxy) is 1. The third-order valence-corrected chi connectivity index (χ3v) is 2.93. The molecule has 0 heterocycles. The lowest BCUT2D eigenvalue weighted by Gasteiger charge is -2.08. The Balaban J connectivity index is 3.13. The molecule has 0 aromatic heterocycles. The van der Waals surface area contributed by atoms with Crippen LogP contribution < -0.4 is 15.3 Å². The van der Waals surface area contributed by atoms with E-state index in [0.717, 1.165) is 0 Å². The fraction of sp³-hybridized carbons (Fsp3) is 0.100. The summed E-state index contributed by atoms with van der Waals surface area (Å²) in [5.41, 5.74) is 2.40. The number of hydrazone groups is 1. The second kappa shape index (κ2) is 5.82. The van der Waals surface area contributed by atoms with Gasteiger partial charge in [0, 0.05) is 6.07 Å². The average molecular weight is 279 g/mol. The molecule has 0 saturated carbocycles. The van der Waals surface area contributed by atoms with Crippen LogP contribution >= 0.6 is 0 Å². The highest BCUT2D eigenvalue weighted by Gasteiger charge is 2.15. The molecular formula is C10H9N5O3S. The molecule has 0 radical (unpaired) electrons. The molecule has 1 aromatic carbocycles. The summed E-state index contributed by atoms with van der Waals surface area (Å²) >= 11 is 0. The summed E-state index contributed by atoms with van der Waals surface area (Å²) in [7, 11) is -2.61. The summed E-state index contributed by atoms with van der Waals surface area (Å²) in [4.78, 5) is -0.176. The summed E-state index contributed by atoms with van der Waals surface area (Å²) in [6, 6.07) is 7.06. The molecular weight excluding hydrogens is 270 g/mol. The van der Waals surface area contributed by atoms with Crippen LogP contribution in [0.2, 0.25) is 0 Å². The molecule has 0 amide bonds. The van der Waals surface area contributed by atoms with E-state index >= 15 is 0 Å². The molecule has 0 spiro atoms. The van der Waals surface area contributed by atoms with Gasteiger partial charge in [-0.05, 0) is 12.1 Å². The Morgan fingerprint density at radius 2 is 2.05 bits per heavy atom. The van der Waals surface area contributed by atoms with E-state index in [-0.39, 0.29) is 16.4 Å². The van der Waals surface area contributed by atoms with Crippen LogP contribution in [0.3, 0.4) is 0 Å². The number of rotatable bonds is 4. The SMILES string of the molecule is COc1cc(NN=C(C#N)C#N)ccc1S(N)(=O)=O. The van der Waals surface area contributed by atoms with E-state index in [0.29, 0.717) is 5.69 Å². The summed E-state index contributed by atoms with van der Waals surface area (Å²) in [5.74, 6) is 0.0261. The number of nitriles is 2. The summed E-state index contributed by atoms with van der Waals surface area (Å²) < 4.78 is 27.4. The Bertz CT molecular complexity index is 681. The highest BCUT2D eigenvalue weighted by Crippen LogP contribution is 2.26. The molecule has 1 aromatic rings. The number of hydrogen-bond acceptors (Lipinski definition) is 7. The van der Waals surface area contributed by atoms with Gasteiger partial charge in [-0.25, -0.2) is 13.6 Å². The molecule has 0 fully saturated rings. The molecule has 1 rings (SSSR count). The zero-order valence-electron chi connectivity index (χ0n) is 9.78. The molecule has 19 heavy (non-hydrogen) atoms. The van der Waals surface area contributed by atoms with Crippen LogP contribution in [0.1, 0.15) is 0 Å². The molecule has 3 N–H and O–H groups in total. The molecule has 0 unspecified atom stereocenters. The number of anilines is 1. The summed E-state index contributed by atoms with van der Waals surface area (Å²) in [6.07, 6.45) is 0. The number of methoxy groups -OCH3 is 1. The zero-order valence-corrected chi connectivity index (χ0v) is 10.6. The van der Waals surface area contributed by atoms with Crippen LogP contribution in [0, 0.1) is 22.7 Å². The van der Waals surface area contributed by atoms with E-state index < -0.39 is 10.0 Å². The van der Waals surface area contributed by atoms with E-state index in [1.807, 2.05) is 0 Å². The highest BCUT2D eigenvalue weighted by molar-refractivity contribution is 7.89. The number of nitrogens with one attached hydrogen (secondary N) is 1. The molecule has 8 nitrogen and oxygen atoms in total. The average Bonchev–Trinajstić information content (AvgIpc) is 2.38. The number of nitrogens with zero attached hydrogens (tertiary/aromatic N) is 3. The molecule has 98 valence electrons. The second-order valence-electron chi connectivity index (χ2n) is 3.21. The molecule has 0 bridgehead atoms. The fourth-order valence-corrected chi connectivity index (χ4v) is 1.85. The first-order valence-corrected chi connectivity index (χ1v) is 6.31. The van der Waals surface area contributed by atoms with Crippen molar-refractivity contribution in [2.24, 2.45) is 10.2 Å². The topological polar surface area (TPSA) is 141 Å². The third-order valence-electron chi connectivity index (χ3n) is 1.98. The first-order valence-electron chi connectivity index (χ1n) is 4.77. The van der Waals surface area contributed by atoms with Crippen molar-refractivity contribution in [3.63, 3.8) is 0 Å². The Labute approximate surface area is 109 Å². The number of hydrogen-bond donors (Lipinski definition) is 2. The van der Waals surface area contributed by atoms with Gasteiger partial charge in [0.1, 0.15) is 22.8 Å². The van der Waals surface area contributed by atoms with Crippen molar-refractivity contribution in [2.75, 3.05) is 12.5 Å². The lowest BCUT2D eigenvalue weighted by Crippen LogP contribution is -2.13. The van der Waals surface area contributed by atoms with E-state index in [1.165, 1.54) is 25.3 Å². The smallest absolute Gasteiger partial charge is 0.241 e. The van der Waals surface area contributed by atoms with Crippen LogP contribution in [0.5, 0.6) is 5.75 Å². The normalized spacial score (nSPS) is 9.89. The van der Waals surface area contributed by atoms with Gasteiger partial charge in [-0.3, -0.25) is 5.43 Å². The largest absolute Gasteiger partial charge is 0.495 e. The molecule has 0 aliphatic rings. The maximum absolute atomic E-state index is 11.2. The number of nitrogens with two attached hydrogens (primary N) is 1. The lowest BCUT2D eigenvalue weighted by molar-refractivity contribution is 0.403. The Morgan fingerprint density at radius 3 is 2.53 bits per heavy atom. The van der Waals surface area contributed by atoms with E-state index in [1.54, 1.807) is 12.1 Å². The minimum Gasteiger partial charge on any atom is -0.495 e. The van der Waals surface area contributed by atoms with Gasteiger partial charge in [-0.1, -0.05) is 0 Å². The minimum absolute atomic E-state index is 0.0261. The highest BCUT2D eigenvalue weighted by atomic mass is 32.2. The standard InChI is InChI=1S/C10H9N5O3S/c1-18-9-4-7(14-15-8(5-11)6-12)2-3-10(9)19(13,16)17/h2-4,14H,1H3,(H2,13,16,17). The number of primary sulfonamides is 1. The van der Waals surface area contributed by atoms with Crippen molar-refractivity contribution in [3.05, 3.63) is 18.2 Å². The molecule has 0 aliphatic heterocycles. The predicted octanol–water partition coefficient (Wildman–Crippen LogP) is 0.158. The Hall–Kier alpha value is -2.62. The van der Waals surface area contributed by atoms with Crippen LogP contribution in [-0.2, 0) is 10.0 Å². The van der Waals surface area contributed by atoms with Crippen LogP contribution in [0.25, 0.3) is 0 Å². The van der Waals surface area contributed by atoms with E-state index in [2.05, 4.69) is 10.5 Å². The van der Waals surface area contributed by atoms with Gasteiger partial charge in [0.2, 0.25) is 15.7 Å². The summed E-state index contributed by atoms with van der Waals surface area (Å²) in [6.45, 7) is 0. The Morgan fingerprint density at radius 1 is 1.42 bits per heavy atom. The third kappa shape index (κ3) is 3.67. The summed E-state index contributed by atoms with van der Waals surface area (Å²) in [5, 5.41) is 25.5. The van der Waals surface area contributed by atoms with E-state index in [9.17, 15) is 8.42 Å². The number of sulfonamides is 1. The Kier molecular flexibility index (Phi) is 4.42. The maximum Gasteiger partial charge on any atom is 0.241 e. The maximum atomic E-state index is 11.2. The monoisotopic (exact) mass is 279 g/mol. The molecule has 9 heteroatoms. The van der Waals surface area contributed by atoms with Crippen molar-refractivity contribution >= 4 is 21.4 Å². The van der Waals surface area contributed by atoms with Crippen molar-refractivity contribution in [1.82, 2.24) is 0 Å². The lowest BCUT2D eigenvalue weighted by atomic mass is 10.3. The zero-order chi connectivity index (χ0) is 14.5. The first kappa shape index (κ1) is 14.4. The van der Waals surface area contributed by atoms with Gasteiger partial charge in [0.25, 0.3) is 0 Å². The van der Waals surface area contributed by atoms with Gasteiger partial charge in [0.05, 0.1) is 12.8 Å². The predicted molar refractivity (Wildman–Crippen MR) is 66.7 cm³/mol. The quantitative estimate of drug-likeness (QED) is 0.593. The second-order valence-corrected chi connectivity index (χ2v) is 4.74. The molecule has 0 saturated heterocycles. The van der Waals surface area contributed by atoms with Gasteiger partial charge < -0.3 is 4.74 Å². The van der Waals surface area contributed by atoms with Gasteiger partial charge >= 0.3 is 0 Å². The van der Waals surface area contributed by atoms with Crippen molar-refractivity contribution in [3.8, 4) is 17.9 Å². The van der Waals surface area contributed by atoms with Crippen LogP contribution in [0.15, 0.2) is 28.2 Å². The molecule has 0 atom stereocenters. The van der Waals surface area contributed by atoms with Crippen molar-refractivity contribution in [1.29, 1.82) is 10.5 Å². The minimum atomic E-state index is -3.90. The van der Waals surface area contributed by atoms with E-state index in [4.69, 9.17) is 20.4 Å². The van der Waals surface area contributed by atoms with Gasteiger partial charge in [-0.15, -0.1) is 0 Å². The van der Waals surface area contributed by atoms with Crippen LogP contribution in [0.4, 0.5) is 5.69 Å².